The van der Waals surface area contributed by atoms with Crippen molar-refractivity contribution < 1.29 is 4.79 Å². The van der Waals surface area contributed by atoms with Crippen molar-refractivity contribution in [3.63, 3.8) is 0 Å². The molecule has 1 aromatic carbocycles. The molecule has 0 radical (unpaired) electrons. The molecule has 0 bridgehead atoms. The van der Waals surface area contributed by atoms with E-state index in [1.54, 1.807) is 0 Å². The standard InChI is InChI=1S/C17H25NO/c1-3-11-18(12-4-2)17(19)13-15-10-9-14-7-5-6-8-16(14)15/h5-8,15H,3-4,9-13H2,1-2H3. The first-order chi connectivity index (χ1) is 9.26. The molecule has 0 saturated carbocycles. The lowest BCUT2D eigenvalue weighted by molar-refractivity contribution is -0.131. The van der Waals surface area contributed by atoms with Crippen LogP contribution in [0.1, 0.15) is 56.6 Å². The van der Waals surface area contributed by atoms with E-state index < -0.39 is 0 Å². The summed E-state index contributed by atoms with van der Waals surface area (Å²) in [7, 11) is 0. The van der Waals surface area contributed by atoms with Gasteiger partial charge in [-0.3, -0.25) is 4.79 Å². The quantitative estimate of drug-likeness (QED) is 0.762. The van der Waals surface area contributed by atoms with Crippen LogP contribution < -0.4 is 0 Å². The van der Waals surface area contributed by atoms with Crippen LogP contribution in [0.15, 0.2) is 24.3 Å². The molecule has 0 aliphatic heterocycles. The monoisotopic (exact) mass is 259 g/mol. The zero-order valence-electron chi connectivity index (χ0n) is 12.2. The van der Waals surface area contributed by atoms with Crippen LogP contribution in [-0.4, -0.2) is 23.9 Å². The third-order valence-electron chi connectivity index (χ3n) is 4.02. The van der Waals surface area contributed by atoms with Crippen molar-refractivity contribution >= 4 is 5.91 Å². The zero-order chi connectivity index (χ0) is 13.7. The fourth-order valence-corrected chi connectivity index (χ4v) is 3.10. The van der Waals surface area contributed by atoms with E-state index in [0.29, 0.717) is 18.2 Å². The second-order valence-electron chi connectivity index (χ2n) is 5.52. The van der Waals surface area contributed by atoms with Crippen molar-refractivity contribution in [1.29, 1.82) is 0 Å². The number of carbonyl (C=O) groups is 1. The molecule has 0 heterocycles. The maximum atomic E-state index is 12.4. The Bertz CT molecular complexity index is 421. The smallest absolute Gasteiger partial charge is 0.223 e. The van der Waals surface area contributed by atoms with Crippen LogP contribution in [0, 0.1) is 0 Å². The van der Waals surface area contributed by atoms with Crippen LogP contribution in [-0.2, 0) is 11.2 Å². The van der Waals surface area contributed by atoms with Gasteiger partial charge in [0.15, 0.2) is 0 Å². The van der Waals surface area contributed by atoms with E-state index in [1.807, 2.05) is 4.90 Å². The summed E-state index contributed by atoms with van der Waals surface area (Å²) in [6.07, 6.45) is 5.06. The average molecular weight is 259 g/mol. The summed E-state index contributed by atoms with van der Waals surface area (Å²) in [4.78, 5) is 14.5. The van der Waals surface area contributed by atoms with Crippen LogP contribution in [0.3, 0.4) is 0 Å². The summed E-state index contributed by atoms with van der Waals surface area (Å²) >= 11 is 0. The molecule has 0 N–H and O–H groups in total. The first kappa shape index (κ1) is 14.1. The number of aryl methyl sites for hydroxylation is 1. The molecule has 1 unspecified atom stereocenters. The minimum Gasteiger partial charge on any atom is -0.343 e. The van der Waals surface area contributed by atoms with Gasteiger partial charge in [0.05, 0.1) is 0 Å². The summed E-state index contributed by atoms with van der Waals surface area (Å²) in [6, 6.07) is 8.60. The van der Waals surface area contributed by atoms with E-state index in [2.05, 4.69) is 38.1 Å². The zero-order valence-corrected chi connectivity index (χ0v) is 12.2. The highest BCUT2D eigenvalue weighted by molar-refractivity contribution is 5.77. The molecule has 2 nitrogen and oxygen atoms in total. The van der Waals surface area contributed by atoms with Gasteiger partial charge in [0.2, 0.25) is 5.91 Å². The number of hydrogen-bond donors (Lipinski definition) is 0. The Morgan fingerprint density at radius 3 is 2.58 bits per heavy atom. The molecule has 2 rings (SSSR count). The molecule has 19 heavy (non-hydrogen) atoms. The Kier molecular flexibility index (Phi) is 5.00. The number of benzene rings is 1. The molecule has 0 spiro atoms. The molecule has 2 heteroatoms. The third kappa shape index (κ3) is 3.37. The minimum atomic E-state index is 0.338. The van der Waals surface area contributed by atoms with Gasteiger partial charge in [-0.1, -0.05) is 38.1 Å². The Morgan fingerprint density at radius 1 is 1.21 bits per heavy atom. The Labute approximate surface area is 116 Å². The molecule has 1 aromatic rings. The van der Waals surface area contributed by atoms with E-state index in [0.717, 1.165) is 38.8 Å². The van der Waals surface area contributed by atoms with Gasteiger partial charge < -0.3 is 4.90 Å². The summed E-state index contributed by atoms with van der Waals surface area (Å²) < 4.78 is 0. The molecular formula is C17H25NO. The summed E-state index contributed by atoms with van der Waals surface area (Å²) in [5.41, 5.74) is 2.85. The molecule has 0 saturated heterocycles. The van der Waals surface area contributed by atoms with Crippen LogP contribution >= 0.6 is 0 Å². The molecule has 104 valence electrons. The maximum absolute atomic E-state index is 12.4. The lowest BCUT2D eigenvalue weighted by atomic mass is 9.97. The van der Waals surface area contributed by atoms with Crippen molar-refractivity contribution in [2.45, 2.75) is 51.9 Å². The van der Waals surface area contributed by atoms with Gasteiger partial charge in [0.25, 0.3) is 0 Å². The predicted octanol–water partition coefficient (Wildman–Crippen LogP) is 3.76. The van der Waals surface area contributed by atoms with Gasteiger partial charge in [0.1, 0.15) is 0 Å². The topological polar surface area (TPSA) is 20.3 Å². The number of fused-ring (bicyclic) bond motifs is 1. The summed E-state index contributed by atoms with van der Waals surface area (Å²) in [5.74, 6) is 0.783. The minimum absolute atomic E-state index is 0.338. The normalized spacial score (nSPS) is 17.3. The van der Waals surface area contributed by atoms with E-state index in [1.165, 1.54) is 11.1 Å². The highest BCUT2D eigenvalue weighted by Crippen LogP contribution is 2.35. The Balaban J connectivity index is 1.99. The van der Waals surface area contributed by atoms with Gasteiger partial charge in [-0.15, -0.1) is 0 Å². The van der Waals surface area contributed by atoms with E-state index in [-0.39, 0.29) is 0 Å². The van der Waals surface area contributed by atoms with Crippen LogP contribution in [0.2, 0.25) is 0 Å². The van der Waals surface area contributed by atoms with Crippen molar-refractivity contribution in [2.75, 3.05) is 13.1 Å². The largest absolute Gasteiger partial charge is 0.343 e. The molecule has 0 fully saturated rings. The van der Waals surface area contributed by atoms with Gasteiger partial charge in [-0.25, -0.2) is 0 Å². The SMILES string of the molecule is CCCN(CCC)C(=O)CC1CCc2ccccc21. The second kappa shape index (κ2) is 6.74. The highest BCUT2D eigenvalue weighted by atomic mass is 16.2. The first-order valence-electron chi connectivity index (χ1n) is 7.61. The number of carbonyl (C=O) groups excluding carboxylic acids is 1. The van der Waals surface area contributed by atoms with Crippen LogP contribution in [0.25, 0.3) is 0 Å². The Hall–Kier alpha value is -1.31. The van der Waals surface area contributed by atoms with E-state index in [9.17, 15) is 4.79 Å². The molecule has 1 amide bonds. The van der Waals surface area contributed by atoms with Gasteiger partial charge in [-0.2, -0.15) is 0 Å². The van der Waals surface area contributed by atoms with Crippen LogP contribution in [0.4, 0.5) is 0 Å². The molecular weight excluding hydrogens is 234 g/mol. The lowest BCUT2D eigenvalue weighted by Gasteiger charge is -2.23. The number of amides is 1. The van der Waals surface area contributed by atoms with Crippen molar-refractivity contribution in [3.8, 4) is 0 Å². The van der Waals surface area contributed by atoms with Crippen molar-refractivity contribution in [1.82, 2.24) is 4.90 Å². The fraction of sp³-hybridized carbons (Fsp3) is 0.588. The third-order valence-corrected chi connectivity index (χ3v) is 4.02. The number of nitrogens with zero attached hydrogens (tertiary/aromatic N) is 1. The van der Waals surface area contributed by atoms with Gasteiger partial charge >= 0.3 is 0 Å². The van der Waals surface area contributed by atoms with Gasteiger partial charge in [0, 0.05) is 19.5 Å². The highest BCUT2D eigenvalue weighted by Gasteiger charge is 2.25. The van der Waals surface area contributed by atoms with Crippen molar-refractivity contribution in [3.05, 3.63) is 35.4 Å². The molecule has 1 atom stereocenters. The average Bonchev–Trinajstić information content (AvgIpc) is 2.82. The predicted molar refractivity (Wildman–Crippen MR) is 79.3 cm³/mol. The van der Waals surface area contributed by atoms with E-state index >= 15 is 0 Å². The van der Waals surface area contributed by atoms with Gasteiger partial charge in [-0.05, 0) is 42.7 Å². The molecule has 1 aliphatic rings. The fourth-order valence-electron chi connectivity index (χ4n) is 3.10. The van der Waals surface area contributed by atoms with E-state index in [4.69, 9.17) is 0 Å². The lowest BCUT2D eigenvalue weighted by Crippen LogP contribution is -2.33. The number of rotatable bonds is 6. The summed E-state index contributed by atoms with van der Waals surface area (Å²) in [6.45, 7) is 6.09. The second-order valence-corrected chi connectivity index (χ2v) is 5.52. The van der Waals surface area contributed by atoms with Crippen LogP contribution in [0.5, 0.6) is 0 Å². The maximum Gasteiger partial charge on any atom is 0.223 e. The Morgan fingerprint density at radius 2 is 1.89 bits per heavy atom. The summed E-state index contributed by atoms with van der Waals surface area (Å²) in [5, 5.41) is 0. The van der Waals surface area contributed by atoms with Crippen molar-refractivity contribution in [2.24, 2.45) is 0 Å². The number of hydrogen-bond acceptors (Lipinski definition) is 1. The molecule has 1 aliphatic carbocycles. The first-order valence-corrected chi connectivity index (χ1v) is 7.61. The molecule has 0 aromatic heterocycles.